The minimum Gasteiger partial charge on any atom is -0.494 e. The second kappa shape index (κ2) is 7.90. The highest BCUT2D eigenvalue weighted by Crippen LogP contribution is 2.20. The molecular formula is C15H16N4O6. The van der Waals surface area contributed by atoms with E-state index in [0.29, 0.717) is 17.9 Å². The molecule has 0 unspecified atom stereocenters. The van der Waals surface area contributed by atoms with Crippen LogP contribution in [0.2, 0.25) is 0 Å². The molecule has 0 saturated heterocycles. The van der Waals surface area contributed by atoms with Gasteiger partial charge in [-0.25, -0.2) is 0 Å². The Morgan fingerprint density at radius 2 is 2.04 bits per heavy atom. The summed E-state index contributed by atoms with van der Waals surface area (Å²) in [7, 11) is 1.49. The van der Waals surface area contributed by atoms with E-state index in [1.165, 1.54) is 11.7 Å². The summed E-state index contributed by atoms with van der Waals surface area (Å²) < 4.78 is 6.57. The van der Waals surface area contributed by atoms with Crippen LogP contribution < -0.4 is 10.1 Å². The van der Waals surface area contributed by atoms with E-state index in [-0.39, 0.29) is 24.4 Å². The molecule has 0 saturated carbocycles. The molecule has 2 N–H and O–H groups in total. The van der Waals surface area contributed by atoms with E-state index < -0.39 is 16.8 Å². The van der Waals surface area contributed by atoms with Crippen LogP contribution in [0.3, 0.4) is 0 Å². The molecule has 2 rings (SSSR count). The van der Waals surface area contributed by atoms with E-state index in [9.17, 15) is 19.7 Å². The Labute approximate surface area is 142 Å². The average Bonchev–Trinajstić information content (AvgIpc) is 2.95. The molecule has 1 amide bonds. The van der Waals surface area contributed by atoms with Gasteiger partial charge in [-0.15, -0.1) is 0 Å². The first-order chi connectivity index (χ1) is 11.9. The standard InChI is InChI=1S/C15H16N4O6/c1-18-9-12(19(23)24)14(17-18)15(22)16-10-4-6-11(7-5-10)25-8-2-3-13(20)21/h4-7,9H,2-3,8H2,1H3,(H,16,22)(H,20,21). The van der Waals surface area contributed by atoms with Crippen LogP contribution in [0.15, 0.2) is 30.5 Å². The number of hydrogen-bond acceptors (Lipinski definition) is 6. The molecule has 10 heteroatoms. The van der Waals surface area contributed by atoms with Crippen molar-refractivity contribution >= 4 is 23.3 Å². The van der Waals surface area contributed by atoms with Gasteiger partial charge in [0.2, 0.25) is 5.69 Å². The van der Waals surface area contributed by atoms with Crippen LogP contribution in [0.25, 0.3) is 0 Å². The molecule has 10 nitrogen and oxygen atoms in total. The predicted octanol–water partition coefficient (Wildman–Crippen LogP) is 1.82. The second-order valence-corrected chi connectivity index (χ2v) is 5.12. The van der Waals surface area contributed by atoms with Crippen molar-refractivity contribution in [3.05, 3.63) is 46.3 Å². The van der Waals surface area contributed by atoms with Crippen molar-refractivity contribution in [2.45, 2.75) is 12.8 Å². The number of nitrogens with zero attached hydrogens (tertiary/aromatic N) is 3. The van der Waals surface area contributed by atoms with Crippen molar-refractivity contribution < 1.29 is 24.4 Å². The van der Waals surface area contributed by atoms with Gasteiger partial charge >= 0.3 is 11.7 Å². The van der Waals surface area contributed by atoms with Gasteiger partial charge in [0.05, 0.1) is 11.5 Å². The van der Waals surface area contributed by atoms with E-state index in [1.807, 2.05) is 0 Å². The molecule has 2 aromatic rings. The van der Waals surface area contributed by atoms with Gasteiger partial charge in [0.25, 0.3) is 5.91 Å². The number of carboxylic acids is 1. The topological polar surface area (TPSA) is 137 Å². The van der Waals surface area contributed by atoms with Crippen molar-refractivity contribution in [1.29, 1.82) is 0 Å². The van der Waals surface area contributed by atoms with Gasteiger partial charge < -0.3 is 15.2 Å². The SMILES string of the molecule is Cn1cc([N+](=O)[O-])c(C(=O)Nc2ccc(OCCCC(=O)O)cc2)n1. The lowest BCUT2D eigenvalue weighted by Crippen LogP contribution is -2.14. The lowest BCUT2D eigenvalue weighted by atomic mass is 10.2. The zero-order valence-corrected chi connectivity index (χ0v) is 13.3. The van der Waals surface area contributed by atoms with E-state index in [0.717, 1.165) is 6.20 Å². The van der Waals surface area contributed by atoms with E-state index in [2.05, 4.69) is 10.4 Å². The highest BCUT2D eigenvalue weighted by Gasteiger charge is 2.24. The number of amides is 1. The molecule has 132 valence electrons. The summed E-state index contributed by atoms with van der Waals surface area (Å²) in [6.45, 7) is 0.262. The van der Waals surface area contributed by atoms with E-state index in [1.54, 1.807) is 24.3 Å². The van der Waals surface area contributed by atoms with Crippen LogP contribution in [0.4, 0.5) is 11.4 Å². The highest BCUT2D eigenvalue weighted by atomic mass is 16.6. The monoisotopic (exact) mass is 348 g/mol. The molecule has 1 aromatic heterocycles. The number of anilines is 1. The number of nitro groups is 1. The molecule has 0 spiro atoms. The Morgan fingerprint density at radius 1 is 1.36 bits per heavy atom. The summed E-state index contributed by atoms with van der Waals surface area (Å²) in [5, 5.41) is 25.8. The van der Waals surface area contributed by atoms with E-state index in [4.69, 9.17) is 9.84 Å². The number of benzene rings is 1. The molecule has 0 aliphatic heterocycles. The number of nitrogens with one attached hydrogen (secondary N) is 1. The van der Waals surface area contributed by atoms with Crippen LogP contribution in [0.5, 0.6) is 5.75 Å². The third-order valence-electron chi connectivity index (χ3n) is 3.14. The van der Waals surface area contributed by atoms with Crippen molar-refractivity contribution in [2.75, 3.05) is 11.9 Å². The van der Waals surface area contributed by atoms with E-state index >= 15 is 0 Å². The number of aryl methyl sites for hydroxylation is 1. The molecule has 0 fully saturated rings. The molecule has 25 heavy (non-hydrogen) atoms. The number of carbonyl (C=O) groups is 2. The van der Waals surface area contributed by atoms with Gasteiger partial charge in [-0.2, -0.15) is 5.10 Å². The molecule has 0 radical (unpaired) electrons. The minimum atomic E-state index is -0.884. The summed E-state index contributed by atoms with van der Waals surface area (Å²) in [6, 6.07) is 6.34. The summed E-state index contributed by atoms with van der Waals surface area (Å²) in [4.78, 5) is 32.8. The average molecular weight is 348 g/mol. The molecule has 0 aliphatic carbocycles. The third kappa shape index (κ3) is 5.03. The normalized spacial score (nSPS) is 10.3. The Morgan fingerprint density at radius 3 is 2.64 bits per heavy atom. The zero-order chi connectivity index (χ0) is 18.4. The van der Waals surface area contributed by atoms with Gasteiger partial charge in [-0.3, -0.25) is 24.4 Å². The largest absolute Gasteiger partial charge is 0.494 e. The summed E-state index contributed by atoms with van der Waals surface area (Å²) in [5.41, 5.74) is -0.234. The maximum Gasteiger partial charge on any atom is 0.320 e. The highest BCUT2D eigenvalue weighted by molar-refractivity contribution is 6.05. The maximum absolute atomic E-state index is 12.1. The van der Waals surface area contributed by atoms with Gasteiger partial charge in [0.15, 0.2) is 0 Å². The predicted molar refractivity (Wildman–Crippen MR) is 86.6 cm³/mol. The smallest absolute Gasteiger partial charge is 0.320 e. The van der Waals surface area contributed by atoms with Crippen LogP contribution >= 0.6 is 0 Å². The maximum atomic E-state index is 12.1. The third-order valence-corrected chi connectivity index (χ3v) is 3.14. The Hall–Kier alpha value is -3.43. The lowest BCUT2D eigenvalue weighted by molar-refractivity contribution is -0.385. The van der Waals surface area contributed by atoms with Gasteiger partial charge in [-0.05, 0) is 30.7 Å². The number of aromatic nitrogens is 2. The van der Waals surface area contributed by atoms with Gasteiger partial charge in [0, 0.05) is 19.2 Å². The van der Waals surface area contributed by atoms with Crippen molar-refractivity contribution in [2.24, 2.45) is 7.05 Å². The Bertz CT molecular complexity index is 784. The van der Waals surface area contributed by atoms with Crippen LogP contribution in [-0.2, 0) is 11.8 Å². The Kier molecular flexibility index (Phi) is 5.66. The quantitative estimate of drug-likeness (QED) is 0.422. The summed E-state index contributed by atoms with van der Waals surface area (Å²) in [5.74, 6) is -1.06. The number of ether oxygens (including phenoxy) is 1. The first kappa shape index (κ1) is 17.9. The van der Waals surface area contributed by atoms with Crippen molar-refractivity contribution in [1.82, 2.24) is 9.78 Å². The number of aliphatic carboxylic acids is 1. The lowest BCUT2D eigenvalue weighted by Gasteiger charge is -2.07. The van der Waals surface area contributed by atoms with Crippen LogP contribution in [-0.4, -0.2) is 38.3 Å². The molecule has 0 aliphatic rings. The number of carboxylic acid groups (broad SMARTS) is 1. The number of hydrogen-bond donors (Lipinski definition) is 2. The summed E-state index contributed by atoms with van der Waals surface area (Å²) >= 11 is 0. The minimum absolute atomic E-state index is 0.0248. The van der Waals surface area contributed by atoms with Crippen LogP contribution in [0.1, 0.15) is 23.3 Å². The fourth-order valence-electron chi connectivity index (χ4n) is 2.01. The Balaban J connectivity index is 1.96. The summed E-state index contributed by atoms with van der Waals surface area (Å²) in [6.07, 6.45) is 1.57. The molecule has 0 atom stereocenters. The molecule has 1 heterocycles. The fourth-order valence-corrected chi connectivity index (χ4v) is 2.01. The number of carbonyl (C=O) groups excluding carboxylic acids is 1. The van der Waals surface area contributed by atoms with Crippen molar-refractivity contribution in [3.63, 3.8) is 0 Å². The second-order valence-electron chi connectivity index (χ2n) is 5.12. The molecular weight excluding hydrogens is 332 g/mol. The van der Waals surface area contributed by atoms with Gasteiger partial charge in [-0.1, -0.05) is 0 Å². The first-order valence-corrected chi connectivity index (χ1v) is 7.31. The van der Waals surface area contributed by atoms with Crippen LogP contribution in [0, 0.1) is 10.1 Å². The van der Waals surface area contributed by atoms with Gasteiger partial charge in [0.1, 0.15) is 11.9 Å². The van der Waals surface area contributed by atoms with Crippen molar-refractivity contribution in [3.8, 4) is 5.75 Å². The fraction of sp³-hybridized carbons (Fsp3) is 0.267. The first-order valence-electron chi connectivity index (χ1n) is 7.31. The molecule has 1 aromatic carbocycles. The number of rotatable bonds is 8. The zero-order valence-electron chi connectivity index (χ0n) is 13.3. The molecule has 0 bridgehead atoms.